The molecule has 0 amide bonds. The predicted octanol–water partition coefficient (Wildman–Crippen LogP) is 4.14. The summed E-state index contributed by atoms with van der Waals surface area (Å²) in [5.74, 6) is -1.49. The minimum atomic E-state index is -4.97. The monoisotopic (exact) mass is 380 g/mol. The number of hydrogen-bond acceptors (Lipinski definition) is 4. The van der Waals surface area contributed by atoms with Crippen molar-refractivity contribution < 1.29 is 27.3 Å². The molecule has 0 unspecified atom stereocenters. The zero-order valence-electron chi connectivity index (χ0n) is 13.7. The lowest BCUT2D eigenvalue weighted by Crippen LogP contribution is -2.10. The van der Waals surface area contributed by atoms with Gasteiger partial charge in [-0.3, -0.25) is 0 Å². The number of carboxylic acid groups (broad SMARTS) is 1. The van der Waals surface area contributed by atoms with Crippen molar-refractivity contribution in [3.8, 4) is 11.1 Å². The summed E-state index contributed by atoms with van der Waals surface area (Å²) in [6, 6.07) is 17.9. The third-order valence-corrected chi connectivity index (χ3v) is 5.19. The summed E-state index contributed by atoms with van der Waals surface area (Å²) >= 11 is 0. The molecule has 6 nitrogen and oxygen atoms in total. The van der Waals surface area contributed by atoms with Crippen molar-refractivity contribution in [3.05, 3.63) is 72.3 Å². The minimum absolute atomic E-state index is 0.141. The maximum atomic E-state index is 11.9. The lowest BCUT2D eigenvalue weighted by molar-refractivity contribution is 0.0693. The highest BCUT2D eigenvalue weighted by Gasteiger charge is 2.26. The summed E-state index contributed by atoms with van der Waals surface area (Å²) in [6.45, 7) is 0. The molecule has 0 atom stereocenters. The first-order valence-corrected chi connectivity index (χ1v) is 9.35. The summed E-state index contributed by atoms with van der Waals surface area (Å²) in [6.07, 6.45) is 0. The first kappa shape index (κ1) is 17.1. The summed E-state index contributed by atoms with van der Waals surface area (Å²) in [7, 11) is -4.97. The number of benzene rings is 3. The number of aromatic carboxylic acids is 1. The SMILES string of the molecule is O=C(O)c1c(-c2c3ccccc3[o+]c3ccccc23)cccc1S(=O)(=O)[O-]. The Bertz CT molecular complexity index is 1270. The van der Waals surface area contributed by atoms with Crippen LogP contribution in [0.1, 0.15) is 10.4 Å². The summed E-state index contributed by atoms with van der Waals surface area (Å²) in [5.41, 5.74) is 1.11. The quantitative estimate of drug-likeness (QED) is 0.325. The van der Waals surface area contributed by atoms with Crippen molar-refractivity contribution >= 4 is 38.0 Å². The number of carbonyl (C=O) groups is 1. The van der Waals surface area contributed by atoms with Crippen molar-refractivity contribution in [2.45, 2.75) is 4.90 Å². The van der Waals surface area contributed by atoms with Gasteiger partial charge in [-0.05, 0) is 23.8 Å². The van der Waals surface area contributed by atoms with Crippen LogP contribution in [0.5, 0.6) is 0 Å². The molecule has 0 aliphatic rings. The Balaban J connectivity index is 2.25. The fourth-order valence-electron chi connectivity index (χ4n) is 3.25. The molecule has 0 saturated carbocycles. The van der Waals surface area contributed by atoms with Crippen LogP contribution in [0.3, 0.4) is 0 Å². The van der Waals surface area contributed by atoms with Gasteiger partial charge in [0.1, 0.15) is 10.1 Å². The predicted molar refractivity (Wildman–Crippen MR) is 98.5 cm³/mol. The Morgan fingerprint density at radius 1 is 0.852 bits per heavy atom. The van der Waals surface area contributed by atoms with E-state index in [4.69, 9.17) is 4.42 Å². The topological polar surface area (TPSA) is 106 Å². The van der Waals surface area contributed by atoms with Gasteiger partial charge in [-0.2, -0.15) is 0 Å². The van der Waals surface area contributed by atoms with Crippen LogP contribution >= 0.6 is 0 Å². The van der Waals surface area contributed by atoms with Gasteiger partial charge in [-0.25, -0.2) is 17.6 Å². The molecule has 0 saturated heterocycles. The Morgan fingerprint density at radius 3 is 1.93 bits per heavy atom. The smallest absolute Gasteiger partial charge is 0.361 e. The van der Waals surface area contributed by atoms with Crippen LogP contribution in [0.15, 0.2) is 76.0 Å². The van der Waals surface area contributed by atoms with Gasteiger partial charge in [0.05, 0.1) is 21.2 Å². The zero-order valence-corrected chi connectivity index (χ0v) is 14.6. The molecular weight excluding hydrogens is 368 g/mol. The van der Waals surface area contributed by atoms with E-state index in [9.17, 15) is 22.9 Å². The molecule has 1 heterocycles. The summed E-state index contributed by atoms with van der Waals surface area (Å²) in [5, 5.41) is 10.9. The molecule has 27 heavy (non-hydrogen) atoms. The normalized spacial score (nSPS) is 11.7. The van der Waals surface area contributed by atoms with E-state index in [1.54, 1.807) is 48.5 Å². The number of para-hydroxylation sites is 2. The van der Waals surface area contributed by atoms with E-state index in [0.29, 0.717) is 27.5 Å². The van der Waals surface area contributed by atoms with Crippen molar-refractivity contribution in [1.82, 2.24) is 0 Å². The third kappa shape index (κ3) is 2.83. The molecule has 0 spiro atoms. The zero-order chi connectivity index (χ0) is 19.2. The number of hydrogen-bond donors (Lipinski definition) is 1. The molecule has 0 aliphatic carbocycles. The average molecular weight is 380 g/mol. The van der Waals surface area contributed by atoms with E-state index in [0.717, 1.165) is 6.07 Å². The van der Waals surface area contributed by atoms with E-state index in [1.807, 2.05) is 0 Å². The van der Waals surface area contributed by atoms with E-state index >= 15 is 0 Å². The lowest BCUT2D eigenvalue weighted by atomic mass is 9.93. The molecule has 4 aromatic rings. The maximum absolute atomic E-state index is 11.9. The second kappa shape index (κ2) is 6.15. The van der Waals surface area contributed by atoms with E-state index < -0.39 is 26.5 Å². The standard InChI is InChI=1S/C20H12O6S/c21-20(22)19-14(8-5-11-17(19)27(23,24)25)18-12-6-1-3-9-15(12)26-16-10-4-2-7-13(16)18/h1-11H,(H-,21,22,23,24,25). The second-order valence-corrected chi connectivity index (χ2v) is 7.26. The number of rotatable bonds is 3. The van der Waals surface area contributed by atoms with Crippen LogP contribution in [-0.4, -0.2) is 24.0 Å². The van der Waals surface area contributed by atoms with Gasteiger partial charge >= 0.3 is 17.1 Å². The van der Waals surface area contributed by atoms with Gasteiger partial charge in [0.2, 0.25) is 0 Å². The van der Waals surface area contributed by atoms with Gasteiger partial charge in [-0.15, -0.1) is 0 Å². The number of carboxylic acids is 1. The molecule has 3 aromatic carbocycles. The second-order valence-electron chi connectivity index (χ2n) is 5.91. The highest BCUT2D eigenvalue weighted by atomic mass is 32.2. The summed E-state index contributed by atoms with van der Waals surface area (Å²) in [4.78, 5) is 11.1. The molecule has 4 rings (SSSR count). The van der Waals surface area contributed by atoms with Crippen LogP contribution in [-0.2, 0) is 10.1 Å². The van der Waals surface area contributed by atoms with Crippen LogP contribution < -0.4 is 0 Å². The Morgan fingerprint density at radius 2 is 1.41 bits per heavy atom. The molecule has 7 heteroatoms. The van der Waals surface area contributed by atoms with Gasteiger partial charge < -0.3 is 9.66 Å². The molecule has 134 valence electrons. The maximum Gasteiger partial charge on any atom is 0.361 e. The fourth-order valence-corrected chi connectivity index (χ4v) is 3.94. The molecular formula is C20H12O6S. The largest absolute Gasteiger partial charge is 0.744 e. The van der Waals surface area contributed by atoms with Gasteiger partial charge in [0.25, 0.3) is 0 Å². The Labute approximate surface area is 154 Å². The summed E-state index contributed by atoms with van der Waals surface area (Å²) < 4.78 is 40.8. The van der Waals surface area contributed by atoms with Crippen LogP contribution in [0.2, 0.25) is 0 Å². The molecule has 0 fully saturated rings. The van der Waals surface area contributed by atoms with E-state index in [1.165, 1.54) is 12.1 Å². The average Bonchev–Trinajstić information content (AvgIpc) is 2.64. The molecule has 0 radical (unpaired) electrons. The first-order valence-electron chi connectivity index (χ1n) is 7.94. The van der Waals surface area contributed by atoms with Crippen LogP contribution in [0.25, 0.3) is 33.1 Å². The Kier molecular flexibility index (Phi) is 3.91. The van der Waals surface area contributed by atoms with Gasteiger partial charge in [0.15, 0.2) is 0 Å². The van der Waals surface area contributed by atoms with Crippen molar-refractivity contribution in [3.63, 3.8) is 0 Å². The Hall–Kier alpha value is -3.29. The third-order valence-electron chi connectivity index (χ3n) is 4.31. The molecule has 1 N–H and O–H groups in total. The van der Waals surface area contributed by atoms with Crippen LogP contribution in [0.4, 0.5) is 0 Å². The van der Waals surface area contributed by atoms with Crippen LogP contribution in [0, 0.1) is 0 Å². The highest BCUT2D eigenvalue weighted by Crippen LogP contribution is 2.39. The molecule has 1 aromatic heterocycles. The van der Waals surface area contributed by atoms with Crippen molar-refractivity contribution in [2.24, 2.45) is 0 Å². The minimum Gasteiger partial charge on any atom is -0.744 e. The van der Waals surface area contributed by atoms with Crippen molar-refractivity contribution in [1.29, 1.82) is 0 Å². The molecule has 0 aliphatic heterocycles. The van der Waals surface area contributed by atoms with E-state index in [-0.39, 0.29) is 5.56 Å². The first-order chi connectivity index (χ1) is 12.9. The lowest BCUT2D eigenvalue weighted by Gasteiger charge is -2.15. The van der Waals surface area contributed by atoms with E-state index in [2.05, 4.69) is 0 Å². The van der Waals surface area contributed by atoms with Gasteiger partial charge in [0, 0.05) is 17.7 Å². The number of fused-ring (bicyclic) bond motifs is 2. The van der Waals surface area contributed by atoms with Gasteiger partial charge in [-0.1, -0.05) is 36.4 Å². The highest BCUT2D eigenvalue weighted by molar-refractivity contribution is 7.85. The van der Waals surface area contributed by atoms with Crippen molar-refractivity contribution in [2.75, 3.05) is 0 Å². The fraction of sp³-hybridized carbons (Fsp3) is 0. The molecule has 0 bridgehead atoms.